The van der Waals surface area contributed by atoms with Crippen molar-refractivity contribution in [3.63, 3.8) is 0 Å². The van der Waals surface area contributed by atoms with Crippen LogP contribution in [0.2, 0.25) is 0 Å². The number of halogens is 3. The molecule has 0 spiro atoms. The molecule has 0 saturated heterocycles. The molecule has 2 heterocycles. The van der Waals surface area contributed by atoms with Crippen LogP contribution in [0.1, 0.15) is 0 Å². The average Bonchev–Trinajstić information content (AvgIpc) is 2.86. The van der Waals surface area contributed by atoms with Crippen LogP contribution in [0, 0.1) is 0 Å². The monoisotopic (exact) mass is 295 g/mol. The highest BCUT2D eigenvalue weighted by atomic mass is 19.4. The molecule has 5 nitrogen and oxygen atoms in total. The van der Waals surface area contributed by atoms with E-state index in [1.807, 2.05) is 0 Å². The highest BCUT2D eigenvalue weighted by molar-refractivity contribution is 5.61. The summed E-state index contributed by atoms with van der Waals surface area (Å²) in [6.07, 6.45) is -1.67. The molecule has 0 atom stereocenters. The molecule has 3 rings (SSSR count). The van der Waals surface area contributed by atoms with E-state index >= 15 is 0 Å². The third-order valence-corrected chi connectivity index (χ3v) is 2.80. The van der Waals surface area contributed by atoms with Crippen molar-refractivity contribution in [3.05, 3.63) is 53.1 Å². The van der Waals surface area contributed by atoms with Gasteiger partial charge in [0.15, 0.2) is 0 Å². The molecular formula is C13H8F3N3O2. The molecular weight excluding hydrogens is 287 g/mol. The lowest BCUT2D eigenvalue weighted by atomic mass is 10.1. The molecule has 21 heavy (non-hydrogen) atoms. The molecule has 0 saturated carbocycles. The summed E-state index contributed by atoms with van der Waals surface area (Å²) < 4.78 is 41.4. The summed E-state index contributed by atoms with van der Waals surface area (Å²) in [6, 6.07) is 6.75. The van der Waals surface area contributed by atoms with Gasteiger partial charge in [0.25, 0.3) is 5.56 Å². The first kappa shape index (κ1) is 13.2. The van der Waals surface area contributed by atoms with Gasteiger partial charge in [-0.25, -0.2) is 4.52 Å². The molecule has 8 heteroatoms. The van der Waals surface area contributed by atoms with Crippen molar-refractivity contribution in [2.24, 2.45) is 0 Å². The molecule has 0 fully saturated rings. The fraction of sp³-hybridized carbons (Fsp3) is 0.0769. The van der Waals surface area contributed by atoms with Crippen LogP contribution in [0.15, 0.2) is 47.5 Å². The van der Waals surface area contributed by atoms with Crippen LogP contribution in [-0.2, 0) is 0 Å². The summed E-state index contributed by atoms with van der Waals surface area (Å²) in [4.78, 5) is 14.4. The van der Waals surface area contributed by atoms with Gasteiger partial charge in [0.2, 0.25) is 0 Å². The second-order valence-corrected chi connectivity index (χ2v) is 4.23. The van der Waals surface area contributed by atoms with Gasteiger partial charge in [-0.15, -0.1) is 13.2 Å². The van der Waals surface area contributed by atoms with E-state index in [9.17, 15) is 18.0 Å². The quantitative estimate of drug-likeness (QED) is 0.790. The van der Waals surface area contributed by atoms with Crippen LogP contribution in [-0.4, -0.2) is 21.0 Å². The van der Waals surface area contributed by atoms with Crippen molar-refractivity contribution in [1.29, 1.82) is 0 Å². The van der Waals surface area contributed by atoms with Gasteiger partial charge in [-0.2, -0.15) is 5.10 Å². The lowest BCUT2D eigenvalue weighted by molar-refractivity contribution is -0.274. The summed E-state index contributed by atoms with van der Waals surface area (Å²) in [7, 11) is 0. The van der Waals surface area contributed by atoms with Crippen LogP contribution in [0.3, 0.4) is 0 Å². The Kier molecular flexibility index (Phi) is 2.93. The molecule has 1 aromatic carbocycles. The van der Waals surface area contributed by atoms with E-state index in [-0.39, 0.29) is 11.3 Å². The number of alkyl halides is 3. The van der Waals surface area contributed by atoms with E-state index in [1.54, 1.807) is 12.3 Å². The van der Waals surface area contributed by atoms with Gasteiger partial charge in [-0.1, -0.05) is 0 Å². The maximum atomic E-state index is 12.1. The minimum absolute atomic E-state index is 0.325. The molecule has 0 radical (unpaired) electrons. The van der Waals surface area contributed by atoms with E-state index < -0.39 is 6.36 Å². The van der Waals surface area contributed by atoms with Gasteiger partial charge < -0.3 is 9.72 Å². The zero-order valence-corrected chi connectivity index (χ0v) is 10.4. The van der Waals surface area contributed by atoms with E-state index in [0.29, 0.717) is 16.8 Å². The molecule has 1 N–H and O–H groups in total. The number of rotatable bonds is 2. The highest BCUT2D eigenvalue weighted by Gasteiger charge is 2.30. The minimum Gasteiger partial charge on any atom is -0.406 e. The Hall–Kier alpha value is -2.77. The van der Waals surface area contributed by atoms with Crippen LogP contribution in [0.5, 0.6) is 5.75 Å². The Morgan fingerprint density at radius 3 is 2.52 bits per heavy atom. The van der Waals surface area contributed by atoms with Crippen LogP contribution >= 0.6 is 0 Å². The Morgan fingerprint density at radius 2 is 1.86 bits per heavy atom. The number of ether oxygens (including phenoxy) is 1. The topological polar surface area (TPSA) is 59.4 Å². The summed E-state index contributed by atoms with van der Waals surface area (Å²) in [6.45, 7) is 0. The van der Waals surface area contributed by atoms with Crippen LogP contribution in [0.25, 0.3) is 16.8 Å². The maximum absolute atomic E-state index is 12.1. The second-order valence-electron chi connectivity index (χ2n) is 4.23. The summed E-state index contributed by atoms with van der Waals surface area (Å²) in [5, 5.41) is 3.95. The lowest BCUT2D eigenvalue weighted by Crippen LogP contribution is -2.17. The number of H-pyrrole nitrogens is 1. The number of nitrogens with one attached hydrogen (secondary N) is 1. The molecule has 0 aliphatic carbocycles. The van der Waals surface area contributed by atoms with Crippen molar-refractivity contribution < 1.29 is 17.9 Å². The lowest BCUT2D eigenvalue weighted by Gasteiger charge is -2.09. The summed E-state index contributed by atoms with van der Waals surface area (Å²) in [5.41, 5.74) is 1.03. The largest absolute Gasteiger partial charge is 0.573 e. The van der Waals surface area contributed by atoms with Gasteiger partial charge in [-0.3, -0.25) is 4.79 Å². The van der Waals surface area contributed by atoms with Crippen LogP contribution < -0.4 is 10.3 Å². The van der Waals surface area contributed by atoms with E-state index in [1.165, 1.54) is 35.0 Å². The molecule has 3 aromatic rings. The SMILES string of the molecule is O=c1[nH]c(-c2ccc(OC(F)(F)F)cc2)cn2nccc12. The molecule has 108 valence electrons. The normalized spacial score (nSPS) is 11.8. The Morgan fingerprint density at radius 1 is 1.14 bits per heavy atom. The smallest absolute Gasteiger partial charge is 0.406 e. The van der Waals surface area contributed by atoms with Gasteiger partial charge in [0, 0.05) is 0 Å². The Labute approximate surface area is 115 Å². The Bertz CT molecular complexity index is 834. The number of aromatic amines is 1. The third kappa shape index (κ3) is 2.73. The van der Waals surface area contributed by atoms with E-state index in [4.69, 9.17) is 0 Å². The number of fused-ring (bicyclic) bond motifs is 1. The minimum atomic E-state index is -4.73. The van der Waals surface area contributed by atoms with Gasteiger partial charge >= 0.3 is 6.36 Å². The predicted octanol–water partition coefficient (Wildman–Crippen LogP) is 2.59. The number of benzene rings is 1. The van der Waals surface area contributed by atoms with Gasteiger partial charge in [-0.05, 0) is 35.9 Å². The summed E-state index contributed by atoms with van der Waals surface area (Å²) in [5.74, 6) is -0.325. The molecule has 0 unspecified atom stereocenters. The number of nitrogens with zero attached hydrogens (tertiary/aromatic N) is 2. The molecule has 0 aliphatic heterocycles. The predicted molar refractivity (Wildman–Crippen MR) is 67.9 cm³/mol. The molecule has 2 aromatic heterocycles. The molecule has 0 aliphatic rings. The number of aromatic nitrogens is 3. The van der Waals surface area contributed by atoms with Crippen molar-refractivity contribution in [2.45, 2.75) is 6.36 Å². The van der Waals surface area contributed by atoms with E-state index in [0.717, 1.165) is 0 Å². The van der Waals surface area contributed by atoms with Crippen molar-refractivity contribution in [3.8, 4) is 17.0 Å². The van der Waals surface area contributed by atoms with Crippen molar-refractivity contribution >= 4 is 5.52 Å². The Balaban J connectivity index is 1.97. The highest BCUT2D eigenvalue weighted by Crippen LogP contribution is 2.25. The molecule has 0 amide bonds. The third-order valence-electron chi connectivity index (χ3n) is 2.80. The first-order valence-electron chi connectivity index (χ1n) is 5.85. The van der Waals surface area contributed by atoms with Crippen molar-refractivity contribution in [1.82, 2.24) is 14.6 Å². The van der Waals surface area contributed by atoms with E-state index in [2.05, 4.69) is 14.8 Å². The zero-order valence-electron chi connectivity index (χ0n) is 10.4. The van der Waals surface area contributed by atoms with Gasteiger partial charge in [0.05, 0.1) is 18.1 Å². The van der Waals surface area contributed by atoms with Crippen molar-refractivity contribution in [2.75, 3.05) is 0 Å². The first-order chi connectivity index (χ1) is 9.92. The maximum Gasteiger partial charge on any atom is 0.573 e. The average molecular weight is 295 g/mol. The fourth-order valence-electron chi connectivity index (χ4n) is 1.92. The summed E-state index contributed by atoms with van der Waals surface area (Å²) >= 11 is 0. The second kappa shape index (κ2) is 4.65. The fourth-order valence-corrected chi connectivity index (χ4v) is 1.92. The zero-order chi connectivity index (χ0) is 15.0. The van der Waals surface area contributed by atoms with Crippen LogP contribution in [0.4, 0.5) is 13.2 Å². The number of hydrogen-bond acceptors (Lipinski definition) is 3. The molecule has 0 bridgehead atoms. The first-order valence-corrected chi connectivity index (χ1v) is 5.85. The van der Waals surface area contributed by atoms with Gasteiger partial charge in [0.1, 0.15) is 11.3 Å². The number of hydrogen-bond donors (Lipinski definition) is 1. The standard InChI is InChI=1S/C13H8F3N3O2/c14-13(15,16)21-9-3-1-8(2-4-9)10-7-19-11(5-6-17-19)12(20)18-10/h1-7H,(H,18,20).